The molecule has 1 N–H and O–H groups in total. The summed E-state index contributed by atoms with van der Waals surface area (Å²) in [5.41, 5.74) is 2.36. The number of nitrogens with zero attached hydrogens (tertiary/aromatic N) is 4. The van der Waals surface area contributed by atoms with Crippen molar-refractivity contribution in [1.82, 2.24) is 19.6 Å². The average Bonchev–Trinajstić information content (AvgIpc) is 2.85. The Kier molecular flexibility index (Phi) is 3.27. The monoisotopic (exact) mass is 290 g/mol. The van der Waals surface area contributed by atoms with E-state index in [0.717, 1.165) is 11.1 Å². The zero-order chi connectivity index (χ0) is 14.1. The Morgan fingerprint density at radius 1 is 1.25 bits per heavy atom. The molecular formula is C13H11FN4OS. The third-order valence-electron chi connectivity index (χ3n) is 2.89. The van der Waals surface area contributed by atoms with Gasteiger partial charge in [-0.05, 0) is 24.0 Å². The fourth-order valence-corrected chi connectivity index (χ4v) is 2.28. The second-order valence-electron chi connectivity index (χ2n) is 4.22. The van der Waals surface area contributed by atoms with E-state index in [2.05, 4.69) is 15.1 Å². The molecule has 0 saturated carbocycles. The second kappa shape index (κ2) is 5.09. The molecule has 2 heterocycles. The molecule has 0 atom stereocenters. The van der Waals surface area contributed by atoms with Gasteiger partial charge in [-0.2, -0.15) is 14.6 Å². The van der Waals surface area contributed by atoms with Gasteiger partial charge in [0, 0.05) is 12.0 Å². The van der Waals surface area contributed by atoms with Crippen LogP contribution in [0.1, 0.15) is 11.1 Å². The number of hydrogen-bond donors (Lipinski definition) is 1. The number of aromatic nitrogens is 4. The quantitative estimate of drug-likeness (QED) is 0.750. The van der Waals surface area contributed by atoms with Crippen LogP contribution in [0, 0.1) is 5.82 Å². The van der Waals surface area contributed by atoms with Gasteiger partial charge in [-0.15, -0.1) is 0 Å². The van der Waals surface area contributed by atoms with Crippen molar-refractivity contribution >= 4 is 17.4 Å². The minimum Gasteiger partial charge on any atom is -0.479 e. The molecule has 0 unspecified atom stereocenters. The maximum atomic E-state index is 12.9. The number of thioether (sulfide) groups is 1. The van der Waals surface area contributed by atoms with Crippen molar-refractivity contribution < 1.29 is 9.50 Å². The molecular weight excluding hydrogens is 279 g/mol. The van der Waals surface area contributed by atoms with Crippen LogP contribution in [-0.4, -0.2) is 30.9 Å². The van der Waals surface area contributed by atoms with Crippen LogP contribution in [0.5, 0.6) is 6.01 Å². The summed E-state index contributed by atoms with van der Waals surface area (Å²) >= 11 is 1.35. The van der Waals surface area contributed by atoms with Gasteiger partial charge in [-0.25, -0.2) is 9.37 Å². The highest BCUT2D eigenvalue weighted by atomic mass is 32.2. The Bertz CT molecular complexity index is 757. The van der Waals surface area contributed by atoms with Crippen molar-refractivity contribution in [2.75, 3.05) is 6.26 Å². The smallest absolute Gasteiger partial charge is 0.319 e. The lowest BCUT2D eigenvalue weighted by molar-refractivity contribution is 0.404. The Morgan fingerprint density at radius 2 is 2.00 bits per heavy atom. The van der Waals surface area contributed by atoms with E-state index in [9.17, 15) is 9.50 Å². The average molecular weight is 290 g/mol. The van der Waals surface area contributed by atoms with Crippen molar-refractivity contribution in [3.8, 4) is 6.01 Å². The first-order valence-electron chi connectivity index (χ1n) is 5.89. The summed E-state index contributed by atoms with van der Waals surface area (Å²) in [7, 11) is 0. The largest absolute Gasteiger partial charge is 0.479 e. The fraction of sp³-hybridized carbons (Fsp3) is 0.154. The van der Waals surface area contributed by atoms with E-state index in [-0.39, 0.29) is 11.8 Å². The highest BCUT2D eigenvalue weighted by molar-refractivity contribution is 7.98. The number of benzene rings is 1. The summed E-state index contributed by atoms with van der Waals surface area (Å²) in [5, 5.41) is 14.3. The predicted octanol–water partition coefficient (Wildman–Crippen LogP) is 2.28. The van der Waals surface area contributed by atoms with Gasteiger partial charge < -0.3 is 5.11 Å². The third-order valence-corrected chi connectivity index (χ3v) is 3.44. The van der Waals surface area contributed by atoms with Crippen LogP contribution >= 0.6 is 11.8 Å². The SMILES string of the molecule is CSc1nc(O)n2ncc(Cc3ccc(F)cc3)c2n1. The predicted molar refractivity (Wildman–Crippen MR) is 73.4 cm³/mol. The molecule has 0 aliphatic carbocycles. The zero-order valence-electron chi connectivity index (χ0n) is 10.6. The topological polar surface area (TPSA) is 63.3 Å². The standard InChI is InChI=1S/C13H11FN4OS/c1-20-12-16-11-9(7-15-18(11)13(19)17-12)6-8-2-4-10(14)5-3-8/h2-5,7H,6H2,1H3,(H,16,17,19). The van der Waals surface area contributed by atoms with E-state index >= 15 is 0 Å². The molecule has 0 aliphatic heterocycles. The van der Waals surface area contributed by atoms with Crippen LogP contribution < -0.4 is 0 Å². The van der Waals surface area contributed by atoms with Crippen LogP contribution in [0.2, 0.25) is 0 Å². The molecule has 3 aromatic rings. The van der Waals surface area contributed by atoms with E-state index in [4.69, 9.17) is 0 Å². The molecule has 0 radical (unpaired) electrons. The molecule has 0 saturated heterocycles. The highest BCUT2D eigenvalue weighted by Gasteiger charge is 2.12. The maximum absolute atomic E-state index is 12.9. The van der Waals surface area contributed by atoms with Crippen LogP contribution in [0.4, 0.5) is 4.39 Å². The second-order valence-corrected chi connectivity index (χ2v) is 4.99. The third kappa shape index (κ3) is 2.32. The van der Waals surface area contributed by atoms with Crippen molar-refractivity contribution in [3.63, 3.8) is 0 Å². The normalized spacial score (nSPS) is 11.1. The summed E-state index contributed by atoms with van der Waals surface area (Å²) < 4.78 is 14.2. The number of halogens is 1. The van der Waals surface area contributed by atoms with Gasteiger partial charge in [0.2, 0.25) is 0 Å². The molecule has 102 valence electrons. The summed E-state index contributed by atoms with van der Waals surface area (Å²) in [6.07, 6.45) is 4.03. The molecule has 0 spiro atoms. The minimum absolute atomic E-state index is 0.190. The zero-order valence-corrected chi connectivity index (χ0v) is 11.4. The van der Waals surface area contributed by atoms with E-state index in [1.165, 1.54) is 28.4 Å². The summed E-state index contributed by atoms with van der Waals surface area (Å²) in [6.45, 7) is 0. The Morgan fingerprint density at radius 3 is 2.70 bits per heavy atom. The van der Waals surface area contributed by atoms with E-state index < -0.39 is 0 Å². The van der Waals surface area contributed by atoms with Crippen LogP contribution in [-0.2, 0) is 6.42 Å². The summed E-state index contributed by atoms with van der Waals surface area (Å²) in [4.78, 5) is 8.26. The summed E-state index contributed by atoms with van der Waals surface area (Å²) in [6, 6.07) is 6.08. The molecule has 0 fully saturated rings. The minimum atomic E-state index is -0.266. The number of fused-ring (bicyclic) bond motifs is 1. The lowest BCUT2D eigenvalue weighted by Crippen LogP contribution is -1.98. The summed E-state index contributed by atoms with van der Waals surface area (Å²) in [5.74, 6) is -0.266. The van der Waals surface area contributed by atoms with Crippen molar-refractivity contribution in [2.24, 2.45) is 0 Å². The van der Waals surface area contributed by atoms with Crippen LogP contribution in [0.3, 0.4) is 0 Å². The maximum Gasteiger partial charge on any atom is 0.319 e. The van der Waals surface area contributed by atoms with Crippen molar-refractivity contribution in [3.05, 3.63) is 47.4 Å². The fourth-order valence-electron chi connectivity index (χ4n) is 1.93. The van der Waals surface area contributed by atoms with Gasteiger partial charge in [-0.1, -0.05) is 23.9 Å². The molecule has 0 aliphatic rings. The first kappa shape index (κ1) is 12.9. The van der Waals surface area contributed by atoms with Gasteiger partial charge >= 0.3 is 6.01 Å². The molecule has 5 nitrogen and oxygen atoms in total. The van der Waals surface area contributed by atoms with Gasteiger partial charge in [0.1, 0.15) is 5.82 Å². The number of rotatable bonds is 3. The molecule has 7 heteroatoms. The van der Waals surface area contributed by atoms with Gasteiger partial charge in [0.15, 0.2) is 10.8 Å². The van der Waals surface area contributed by atoms with Crippen molar-refractivity contribution in [2.45, 2.75) is 11.6 Å². The Balaban J connectivity index is 2.03. The van der Waals surface area contributed by atoms with Crippen molar-refractivity contribution in [1.29, 1.82) is 0 Å². The molecule has 20 heavy (non-hydrogen) atoms. The van der Waals surface area contributed by atoms with E-state index in [1.807, 2.05) is 6.26 Å². The molecule has 0 bridgehead atoms. The first-order chi connectivity index (χ1) is 9.67. The number of aromatic hydroxyl groups is 1. The van der Waals surface area contributed by atoms with E-state index in [1.54, 1.807) is 18.3 Å². The van der Waals surface area contributed by atoms with Crippen LogP contribution in [0.15, 0.2) is 35.6 Å². The molecule has 2 aromatic heterocycles. The Labute approximate surface area is 118 Å². The first-order valence-corrected chi connectivity index (χ1v) is 7.12. The van der Waals surface area contributed by atoms with Gasteiger partial charge in [0.25, 0.3) is 0 Å². The van der Waals surface area contributed by atoms with E-state index in [0.29, 0.717) is 17.2 Å². The lowest BCUT2D eigenvalue weighted by Gasteiger charge is -2.02. The Hall–Kier alpha value is -2.15. The molecule has 1 aromatic carbocycles. The van der Waals surface area contributed by atoms with Gasteiger partial charge in [0.05, 0.1) is 6.20 Å². The molecule has 3 rings (SSSR count). The number of hydrogen-bond acceptors (Lipinski definition) is 5. The lowest BCUT2D eigenvalue weighted by atomic mass is 10.1. The molecule has 0 amide bonds. The highest BCUT2D eigenvalue weighted by Crippen LogP contribution is 2.20. The van der Waals surface area contributed by atoms with Gasteiger partial charge in [-0.3, -0.25) is 0 Å². The van der Waals surface area contributed by atoms with Crippen LogP contribution in [0.25, 0.3) is 5.65 Å².